The van der Waals surface area contributed by atoms with Crippen molar-refractivity contribution in [1.29, 1.82) is 0 Å². The van der Waals surface area contributed by atoms with Crippen molar-refractivity contribution in [3.05, 3.63) is 82.0 Å². The number of aromatic nitrogens is 1. The van der Waals surface area contributed by atoms with Crippen LogP contribution < -0.4 is 14.8 Å². The zero-order valence-electron chi connectivity index (χ0n) is 18.6. The summed E-state index contributed by atoms with van der Waals surface area (Å²) < 4.78 is 45.2. The van der Waals surface area contributed by atoms with E-state index < -0.39 is 41.5 Å². The van der Waals surface area contributed by atoms with Gasteiger partial charge in [0.05, 0.1) is 21.7 Å². The quantitative estimate of drug-likeness (QED) is 0.282. The van der Waals surface area contributed by atoms with Crippen LogP contribution in [0.5, 0.6) is 5.75 Å². The van der Waals surface area contributed by atoms with E-state index in [0.717, 1.165) is 31.2 Å². The number of hydrogen-bond donors (Lipinski definition) is 2. The molecule has 1 aliphatic carbocycles. The first-order chi connectivity index (χ1) is 17.1. The number of nitrogens with one attached hydrogen (secondary N) is 1. The van der Waals surface area contributed by atoms with Crippen molar-refractivity contribution in [3.63, 3.8) is 0 Å². The highest BCUT2D eigenvalue weighted by atomic mass is 35.5. The SMILES string of the molecule is O=C(O)c1ccc(NC(=O)C(CC2CC2)c2ccc(-c3c(OC(F)F)ccc(Cl)c3F)c[n+]2[O-])cc1. The van der Waals surface area contributed by atoms with Crippen molar-refractivity contribution in [1.82, 2.24) is 0 Å². The first kappa shape index (κ1) is 25.3. The fourth-order valence-electron chi connectivity index (χ4n) is 3.88. The molecular formula is C25H20ClF3N2O5. The van der Waals surface area contributed by atoms with Gasteiger partial charge in [-0.2, -0.15) is 13.5 Å². The lowest BCUT2D eigenvalue weighted by atomic mass is 9.95. The van der Waals surface area contributed by atoms with Gasteiger partial charge in [-0.25, -0.2) is 9.18 Å². The van der Waals surface area contributed by atoms with Gasteiger partial charge in [0, 0.05) is 11.8 Å². The van der Waals surface area contributed by atoms with Crippen molar-refractivity contribution in [3.8, 4) is 16.9 Å². The maximum Gasteiger partial charge on any atom is 0.387 e. The number of ether oxygens (including phenoxy) is 1. The van der Waals surface area contributed by atoms with Crippen LogP contribution in [0, 0.1) is 16.9 Å². The number of alkyl halides is 2. The highest BCUT2D eigenvalue weighted by Crippen LogP contribution is 2.40. The smallest absolute Gasteiger partial charge is 0.387 e. The third-order valence-electron chi connectivity index (χ3n) is 5.84. The molecule has 0 radical (unpaired) electrons. The molecule has 2 aromatic carbocycles. The number of halogens is 4. The van der Waals surface area contributed by atoms with Gasteiger partial charge in [-0.3, -0.25) is 4.79 Å². The highest BCUT2D eigenvalue weighted by Gasteiger charge is 2.35. The minimum Gasteiger partial charge on any atom is -0.618 e. The van der Waals surface area contributed by atoms with Crippen LogP contribution in [0.1, 0.15) is 41.2 Å². The van der Waals surface area contributed by atoms with Crippen molar-refractivity contribution in [2.45, 2.75) is 31.8 Å². The summed E-state index contributed by atoms with van der Waals surface area (Å²) in [7, 11) is 0. The molecule has 1 saturated carbocycles. The second-order valence-corrected chi connectivity index (χ2v) is 8.79. The van der Waals surface area contributed by atoms with E-state index in [4.69, 9.17) is 16.7 Å². The number of carboxylic acid groups (broad SMARTS) is 1. The molecule has 1 fully saturated rings. The number of rotatable bonds is 9. The summed E-state index contributed by atoms with van der Waals surface area (Å²) >= 11 is 5.82. The van der Waals surface area contributed by atoms with E-state index in [1.807, 2.05) is 0 Å². The largest absolute Gasteiger partial charge is 0.618 e. The molecule has 1 heterocycles. The van der Waals surface area contributed by atoms with Crippen LogP contribution in [-0.4, -0.2) is 23.6 Å². The Morgan fingerprint density at radius 2 is 1.83 bits per heavy atom. The first-order valence-electron chi connectivity index (χ1n) is 10.9. The Kier molecular flexibility index (Phi) is 7.35. The van der Waals surface area contributed by atoms with Crippen LogP contribution in [0.15, 0.2) is 54.7 Å². The molecule has 1 aliphatic rings. The van der Waals surface area contributed by atoms with Gasteiger partial charge in [0.1, 0.15) is 11.7 Å². The molecule has 1 atom stereocenters. The molecule has 0 bridgehead atoms. The minimum atomic E-state index is -3.22. The molecule has 1 amide bonds. The average Bonchev–Trinajstić information content (AvgIpc) is 3.65. The van der Waals surface area contributed by atoms with E-state index in [2.05, 4.69) is 10.1 Å². The standard InChI is InChI=1S/C25H20ClF3N2O5/c26-18-8-10-20(36-25(28)29)21(22(18)27)15-5-9-19(31(35)12-15)17(11-13-1-2-13)23(32)30-16-6-3-14(4-7-16)24(33)34/h3-10,12-13,17,25H,1-2,11H2,(H,30,32)(H,33,34). The van der Waals surface area contributed by atoms with E-state index in [-0.39, 0.29) is 27.8 Å². The number of carboxylic acids is 1. The molecule has 1 aromatic heterocycles. The van der Waals surface area contributed by atoms with Crippen LogP contribution in [0.2, 0.25) is 5.02 Å². The Morgan fingerprint density at radius 1 is 1.14 bits per heavy atom. The number of benzene rings is 2. The van der Waals surface area contributed by atoms with E-state index in [1.165, 1.54) is 36.4 Å². The third kappa shape index (κ3) is 5.71. The lowest BCUT2D eigenvalue weighted by Gasteiger charge is -2.18. The second kappa shape index (κ2) is 10.4. The fourth-order valence-corrected chi connectivity index (χ4v) is 4.04. The van der Waals surface area contributed by atoms with Crippen LogP contribution in [0.25, 0.3) is 11.1 Å². The minimum absolute atomic E-state index is 0.0546. The van der Waals surface area contributed by atoms with Crippen LogP contribution >= 0.6 is 11.6 Å². The number of anilines is 1. The lowest BCUT2D eigenvalue weighted by molar-refractivity contribution is -0.614. The summed E-state index contributed by atoms with van der Waals surface area (Å²) in [5.74, 6) is -3.70. The van der Waals surface area contributed by atoms with Crippen LogP contribution in [0.3, 0.4) is 0 Å². The summed E-state index contributed by atoms with van der Waals surface area (Å²) in [6.45, 7) is -3.22. The highest BCUT2D eigenvalue weighted by molar-refractivity contribution is 6.31. The molecule has 0 saturated heterocycles. The fraction of sp³-hybridized carbons (Fsp3) is 0.240. The maximum atomic E-state index is 14.7. The van der Waals surface area contributed by atoms with Gasteiger partial charge < -0.3 is 20.4 Å². The molecule has 3 aromatic rings. The topological polar surface area (TPSA) is 103 Å². The van der Waals surface area contributed by atoms with Gasteiger partial charge in [0.25, 0.3) is 0 Å². The molecule has 2 N–H and O–H groups in total. The summed E-state index contributed by atoms with van der Waals surface area (Å²) in [5.41, 5.74) is 0.0394. The summed E-state index contributed by atoms with van der Waals surface area (Å²) in [5, 5.41) is 24.4. The molecule has 36 heavy (non-hydrogen) atoms. The Labute approximate surface area is 208 Å². The van der Waals surface area contributed by atoms with Gasteiger partial charge in [0.15, 0.2) is 12.0 Å². The molecule has 0 aliphatic heterocycles. The lowest BCUT2D eigenvalue weighted by Crippen LogP contribution is -2.37. The normalized spacial score (nSPS) is 13.9. The van der Waals surface area contributed by atoms with E-state index >= 15 is 0 Å². The van der Waals surface area contributed by atoms with Crippen molar-refractivity contribution >= 4 is 29.2 Å². The van der Waals surface area contributed by atoms with Gasteiger partial charge >= 0.3 is 12.6 Å². The summed E-state index contributed by atoms with van der Waals surface area (Å²) in [4.78, 5) is 24.2. The predicted molar refractivity (Wildman–Crippen MR) is 125 cm³/mol. The molecular weight excluding hydrogens is 501 g/mol. The van der Waals surface area contributed by atoms with Gasteiger partial charge in [-0.15, -0.1) is 0 Å². The van der Waals surface area contributed by atoms with Gasteiger partial charge in [0.2, 0.25) is 11.6 Å². The summed E-state index contributed by atoms with van der Waals surface area (Å²) in [6, 6.07) is 10.4. The molecule has 0 spiro atoms. The van der Waals surface area contributed by atoms with E-state index in [9.17, 15) is 28.0 Å². The zero-order valence-corrected chi connectivity index (χ0v) is 19.3. The first-order valence-corrected chi connectivity index (χ1v) is 11.3. The molecule has 11 heteroatoms. The van der Waals surface area contributed by atoms with Gasteiger partial charge in [-0.1, -0.05) is 24.4 Å². The van der Waals surface area contributed by atoms with E-state index in [1.54, 1.807) is 0 Å². The molecule has 188 valence electrons. The Hall–Kier alpha value is -3.79. The predicted octanol–water partition coefficient (Wildman–Crippen LogP) is 5.60. The number of carbonyl (C=O) groups is 2. The third-order valence-corrected chi connectivity index (χ3v) is 6.14. The van der Waals surface area contributed by atoms with Gasteiger partial charge in [-0.05, 0) is 54.8 Å². The van der Waals surface area contributed by atoms with Crippen molar-refractivity contribution in [2.24, 2.45) is 5.92 Å². The van der Waals surface area contributed by atoms with E-state index in [0.29, 0.717) is 16.8 Å². The number of hydrogen-bond acceptors (Lipinski definition) is 4. The van der Waals surface area contributed by atoms with Crippen molar-refractivity contribution in [2.75, 3.05) is 5.32 Å². The molecule has 1 unspecified atom stereocenters. The number of nitrogens with zero attached hydrogens (tertiary/aromatic N) is 1. The average molecular weight is 521 g/mol. The number of aromatic carboxylic acids is 1. The zero-order chi connectivity index (χ0) is 26.0. The number of amides is 1. The van der Waals surface area contributed by atoms with Crippen molar-refractivity contribution < 1.29 is 37.3 Å². The van der Waals surface area contributed by atoms with Crippen LogP contribution in [0.4, 0.5) is 18.9 Å². The number of pyridine rings is 1. The Balaban J connectivity index is 1.65. The second-order valence-electron chi connectivity index (χ2n) is 8.38. The Morgan fingerprint density at radius 3 is 2.42 bits per heavy atom. The Bertz CT molecular complexity index is 1300. The molecule has 4 rings (SSSR count). The number of carbonyl (C=O) groups excluding carboxylic acids is 1. The van der Waals surface area contributed by atoms with Crippen LogP contribution in [-0.2, 0) is 4.79 Å². The maximum absolute atomic E-state index is 14.7. The summed E-state index contributed by atoms with van der Waals surface area (Å²) in [6.07, 6.45) is 3.20. The molecule has 7 nitrogen and oxygen atoms in total. The monoisotopic (exact) mass is 520 g/mol.